The molecule has 3 unspecified atom stereocenters. The van der Waals surface area contributed by atoms with E-state index in [4.69, 9.17) is 0 Å². The number of unbranched alkanes of at least 4 members (excludes halogenated alkanes) is 2. The summed E-state index contributed by atoms with van der Waals surface area (Å²) in [5, 5.41) is 8.66. The molecule has 2 aromatic rings. The van der Waals surface area contributed by atoms with Crippen LogP contribution in [0.5, 0.6) is 0 Å². The molecule has 3 N–H and O–H groups in total. The number of likely N-dealkylation sites (tertiary alicyclic amines) is 1. The number of rotatable bonds is 13. The van der Waals surface area contributed by atoms with Gasteiger partial charge in [-0.1, -0.05) is 51.5 Å². The number of thiazole rings is 1. The van der Waals surface area contributed by atoms with E-state index in [-0.39, 0.29) is 23.8 Å². The van der Waals surface area contributed by atoms with Crippen molar-refractivity contribution >= 4 is 35.5 Å². The first-order valence-corrected chi connectivity index (χ1v) is 15.0. The lowest BCUT2D eigenvalue weighted by Crippen LogP contribution is -2.57. The molecule has 40 heavy (non-hydrogen) atoms. The number of amides is 4. The number of carbonyl (C=O) groups excluding carboxylic acids is 4. The van der Waals surface area contributed by atoms with E-state index in [1.54, 1.807) is 16.2 Å². The van der Waals surface area contributed by atoms with Crippen molar-refractivity contribution < 1.29 is 19.2 Å². The van der Waals surface area contributed by atoms with E-state index in [1.165, 1.54) is 0 Å². The van der Waals surface area contributed by atoms with Crippen molar-refractivity contribution in [3.63, 3.8) is 0 Å². The second-order valence-corrected chi connectivity index (χ2v) is 12.4. The molecule has 1 aromatic heterocycles. The quantitative estimate of drug-likeness (QED) is 0.248. The third-order valence-electron chi connectivity index (χ3n) is 7.34. The summed E-state index contributed by atoms with van der Waals surface area (Å²) in [6.45, 7) is 10.8. The van der Waals surface area contributed by atoms with Gasteiger partial charge >= 0.3 is 0 Å². The largest absolute Gasteiger partial charge is 0.359 e. The van der Waals surface area contributed by atoms with Gasteiger partial charge in [0.05, 0.1) is 22.1 Å². The monoisotopic (exact) mass is 569 g/mol. The Morgan fingerprint density at radius 1 is 1.12 bits per heavy atom. The number of nitrogens with zero attached hydrogens (tertiary/aromatic N) is 2. The minimum Gasteiger partial charge on any atom is -0.359 e. The molecule has 1 fully saturated rings. The molecular formula is C30H43N5O4S. The average Bonchev–Trinajstić information content (AvgIpc) is 3.58. The van der Waals surface area contributed by atoms with Crippen LogP contribution in [0.2, 0.25) is 0 Å². The summed E-state index contributed by atoms with van der Waals surface area (Å²) in [6.07, 6.45) is 4.59. The van der Waals surface area contributed by atoms with Gasteiger partial charge in [-0.05, 0) is 56.1 Å². The van der Waals surface area contributed by atoms with Crippen LogP contribution in [0.4, 0.5) is 0 Å². The minimum absolute atomic E-state index is 0.177. The van der Waals surface area contributed by atoms with E-state index < -0.39 is 17.5 Å². The van der Waals surface area contributed by atoms with Crippen LogP contribution in [-0.4, -0.2) is 59.2 Å². The van der Waals surface area contributed by atoms with Crippen molar-refractivity contribution in [2.75, 3.05) is 13.1 Å². The maximum atomic E-state index is 13.7. The van der Waals surface area contributed by atoms with Gasteiger partial charge in [0.15, 0.2) is 0 Å². The van der Waals surface area contributed by atoms with E-state index in [9.17, 15) is 19.2 Å². The number of nitrogens with one attached hydrogen (secondary N) is 3. The molecule has 3 rings (SSSR count). The first-order valence-electron chi connectivity index (χ1n) is 14.1. The second kappa shape index (κ2) is 14.4. The van der Waals surface area contributed by atoms with Gasteiger partial charge in [0.25, 0.3) is 0 Å². The molecule has 9 nitrogen and oxygen atoms in total. The first kappa shape index (κ1) is 31.3. The minimum atomic E-state index is -0.731. The standard InChI is InChI=1S/C30H43N5O4S/c1-20(22-12-14-23(15-13-22)26-21(2)32-19-40-26)33-28(38)24-10-9-17-35(24)29(39)27(30(3,4)5)34-25(37)11-7-6-8-16-31-18-36/h12-15,18-20,24,27H,6-11,16-17H2,1-5H3,(H,31,36)(H,33,38)(H,34,37). The molecule has 1 aliphatic rings. The summed E-state index contributed by atoms with van der Waals surface area (Å²) in [7, 11) is 0. The van der Waals surface area contributed by atoms with E-state index in [1.807, 2.05) is 64.4 Å². The second-order valence-electron chi connectivity index (χ2n) is 11.6. The normalized spacial score (nSPS) is 16.7. The van der Waals surface area contributed by atoms with Crippen LogP contribution >= 0.6 is 11.3 Å². The Balaban J connectivity index is 1.60. The van der Waals surface area contributed by atoms with Crippen LogP contribution < -0.4 is 16.0 Å². The third-order valence-corrected chi connectivity index (χ3v) is 8.32. The molecule has 1 aliphatic heterocycles. The highest BCUT2D eigenvalue weighted by atomic mass is 32.1. The van der Waals surface area contributed by atoms with Crippen LogP contribution in [-0.2, 0) is 19.2 Å². The molecule has 2 heterocycles. The first-order chi connectivity index (χ1) is 19.0. The average molecular weight is 570 g/mol. The van der Waals surface area contributed by atoms with Crippen molar-refractivity contribution in [2.45, 2.75) is 91.3 Å². The van der Waals surface area contributed by atoms with Crippen LogP contribution in [0.15, 0.2) is 29.8 Å². The van der Waals surface area contributed by atoms with Crippen molar-refractivity contribution in [2.24, 2.45) is 5.41 Å². The van der Waals surface area contributed by atoms with Gasteiger partial charge in [0, 0.05) is 19.5 Å². The van der Waals surface area contributed by atoms with Gasteiger partial charge in [-0.3, -0.25) is 19.2 Å². The molecule has 0 saturated carbocycles. The van der Waals surface area contributed by atoms with Crippen molar-refractivity contribution in [3.8, 4) is 10.4 Å². The van der Waals surface area contributed by atoms with Crippen molar-refractivity contribution in [1.82, 2.24) is 25.8 Å². The zero-order chi connectivity index (χ0) is 29.3. The Kier molecular flexibility index (Phi) is 11.2. The summed E-state index contributed by atoms with van der Waals surface area (Å²) in [5.41, 5.74) is 4.40. The van der Waals surface area contributed by atoms with E-state index >= 15 is 0 Å². The Hall–Kier alpha value is -3.27. The van der Waals surface area contributed by atoms with Crippen LogP contribution in [0, 0.1) is 12.3 Å². The van der Waals surface area contributed by atoms with E-state index in [2.05, 4.69) is 20.9 Å². The number of aromatic nitrogens is 1. The molecular weight excluding hydrogens is 526 g/mol. The van der Waals surface area contributed by atoms with Crippen molar-refractivity contribution in [3.05, 3.63) is 41.0 Å². The van der Waals surface area contributed by atoms with Gasteiger partial charge in [-0.15, -0.1) is 11.3 Å². The van der Waals surface area contributed by atoms with Crippen LogP contribution in [0.1, 0.15) is 83.5 Å². The van der Waals surface area contributed by atoms with Gasteiger partial charge in [0.2, 0.25) is 24.1 Å². The van der Waals surface area contributed by atoms with Crippen LogP contribution in [0.3, 0.4) is 0 Å². The number of hydrogen-bond acceptors (Lipinski definition) is 6. The highest BCUT2D eigenvalue weighted by Gasteiger charge is 2.42. The molecule has 1 saturated heterocycles. The van der Waals surface area contributed by atoms with Gasteiger partial charge in [-0.25, -0.2) is 4.98 Å². The summed E-state index contributed by atoms with van der Waals surface area (Å²) >= 11 is 1.60. The fourth-order valence-corrected chi connectivity index (χ4v) is 5.81. The number of carbonyl (C=O) groups is 4. The summed E-state index contributed by atoms with van der Waals surface area (Å²) < 4.78 is 0. The molecule has 0 aliphatic carbocycles. The molecule has 0 bridgehead atoms. The summed E-state index contributed by atoms with van der Waals surface area (Å²) in [6, 6.07) is 6.60. The number of aryl methyl sites for hydroxylation is 1. The summed E-state index contributed by atoms with van der Waals surface area (Å²) in [4.78, 5) is 57.2. The number of hydrogen-bond donors (Lipinski definition) is 3. The van der Waals surface area contributed by atoms with Crippen LogP contribution in [0.25, 0.3) is 10.4 Å². The topological polar surface area (TPSA) is 120 Å². The van der Waals surface area contributed by atoms with E-state index in [0.717, 1.165) is 41.0 Å². The summed E-state index contributed by atoms with van der Waals surface area (Å²) in [5.74, 6) is -0.573. The van der Waals surface area contributed by atoms with Gasteiger partial charge in [0.1, 0.15) is 12.1 Å². The van der Waals surface area contributed by atoms with Gasteiger partial charge in [-0.2, -0.15) is 0 Å². The smallest absolute Gasteiger partial charge is 0.246 e. The zero-order valence-corrected chi connectivity index (χ0v) is 25.1. The molecule has 10 heteroatoms. The highest BCUT2D eigenvalue weighted by Crippen LogP contribution is 2.29. The molecule has 1 aromatic carbocycles. The fourth-order valence-electron chi connectivity index (χ4n) is 4.99. The van der Waals surface area contributed by atoms with E-state index in [0.29, 0.717) is 38.8 Å². The SMILES string of the molecule is Cc1ncsc1-c1ccc(C(C)NC(=O)C2CCCN2C(=O)C(NC(=O)CCCCCNC=O)C(C)(C)C)cc1. The third kappa shape index (κ3) is 8.36. The number of benzene rings is 1. The lowest BCUT2D eigenvalue weighted by Gasteiger charge is -2.35. The molecule has 0 spiro atoms. The predicted octanol–water partition coefficient (Wildman–Crippen LogP) is 4.12. The Morgan fingerprint density at radius 2 is 1.85 bits per heavy atom. The molecule has 218 valence electrons. The molecule has 4 amide bonds. The Morgan fingerprint density at radius 3 is 2.48 bits per heavy atom. The highest BCUT2D eigenvalue weighted by molar-refractivity contribution is 7.13. The predicted molar refractivity (Wildman–Crippen MR) is 158 cm³/mol. The Bertz CT molecular complexity index is 1160. The molecule has 3 atom stereocenters. The zero-order valence-electron chi connectivity index (χ0n) is 24.3. The molecule has 0 radical (unpaired) electrons. The maximum Gasteiger partial charge on any atom is 0.246 e. The maximum absolute atomic E-state index is 13.7. The van der Waals surface area contributed by atoms with Gasteiger partial charge < -0.3 is 20.9 Å². The lowest BCUT2D eigenvalue weighted by atomic mass is 9.85. The van der Waals surface area contributed by atoms with Crippen molar-refractivity contribution in [1.29, 1.82) is 0 Å². The fraction of sp³-hybridized carbons (Fsp3) is 0.567. The lowest BCUT2D eigenvalue weighted by molar-refractivity contribution is -0.144. The Labute approximate surface area is 241 Å².